The molecule has 3 aromatic rings. The van der Waals surface area contributed by atoms with Crippen molar-refractivity contribution in [3.63, 3.8) is 0 Å². The highest BCUT2D eigenvalue weighted by molar-refractivity contribution is 6.48. The van der Waals surface area contributed by atoms with E-state index in [1.54, 1.807) is 13.0 Å². The third-order valence-electron chi connectivity index (χ3n) is 3.43. The first kappa shape index (κ1) is 14.0. The Labute approximate surface area is 126 Å². The van der Waals surface area contributed by atoms with Crippen LogP contribution in [0, 0.1) is 12.7 Å². The molecule has 4 nitrogen and oxygen atoms in total. The minimum absolute atomic E-state index is 0.357. The Bertz CT molecular complexity index is 866. The van der Waals surface area contributed by atoms with Gasteiger partial charge in [-0.3, -0.25) is 9.59 Å². The van der Waals surface area contributed by atoms with Crippen LogP contribution in [0.5, 0.6) is 0 Å². The van der Waals surface area contributed by atoms with Gasteiger partial charge in [-0.15, -0.1) is 0 Å². The summed E-state index contributed by atoms with van der Waals surface area (Å²) in [4.78, 5) is 27.6. The lowest BCUT2D eigenvalue weighted by molar-refractivity contribution is -0.112. The van der Waals surface area contributed by atoms with E-state index >= 15 is 0 Å². The molecule has 0 bridgehead atoms. The maximum atomic E-state index is 12.8. The summed E-state index contributed by atoms with van der Waals surface area (Å²) in [7, 11) is 0. The summed E-state index contributed by atoms with van der Waals surface area (Å²) < 4.78 is 12.8. The van der Waals surface area contributed by atoms with Gasteiger partial charge in [0.1, 0.15) is 5.82 Å². The van der Waals surface area contributed by atoms with Gasteiger partial charge in [-0.25, -0.2) is 4.39 Å². The molecule has 2 aromatic carbocycles. The van der Waals surface area contributed by atoms with Crippen molar-refractivity contribution in [1.29, 1.82) is 0 Å². The van der Waals surface area contributed by atoms with E-state index in [0.29, 0.717) is 22.3 Å². The monoisotopic (exact) mass is 296 g/mol. The molecule has 2 N–H and O–H groups in total. The van der Waals surface area contributed by atoms with E-state index in [2.05, 4.69) is 10.3 Å². The Morgan fingerprint density at radius 2 is 1.73 bits per heavy atom. The smallest absolute Gasteiger partial charge is 0.296 e. The second kappa shape index (κ2) is 5.44. The molecule has 0 atom stereocenters. The van der Waals surface area contributed by atoms with Crippen LogP contribution < -0.4 is 5.32 Å². The zero-order chi connectivity index (χ0) is 15.7. The summed E-state index contributed by atoms with van der Waals surface area (Å²) in [6.07, 6.45) is 0. The predicted molar refractivity (Wildman–Crippen MR) is 82.4 cm³/mol. The van der Waals surface area contributed by atoms with Crippen molar-refractivity contribution in [1.82, 2.24) is 4.98 Å². The van der Waals surface area contributed by atoms with Gasteiger partial charge in [0.25, 0.3) is 11.7 Å². The molecule has 0 fully saturated rings. The van der Waals surface area contributed by atoms with Crippen molar-refractivity contribution in [2.75, 3.05) is 5.32 Å². The van der Waals surface area contributed by atoms with Crippen molar-refractivity contribution in [2.24, 2.45) is 0 Å². The number of nitrogens with one attached hydrogen (secondary N) is 2. The van der Waals surface area contributed by atoms with Crippen molar-refractivity contribution < 1.29 is 14.0 Å². The van der Waals surface area contributed by atoms with Gasteiger partial charge in [0, 0.05) is 22.3 Å². The fourth-order valence-corrected chi connectivity index (χ4v) is 2.40. The molecule has 110 valence electrons. The third-order valence-corrected chi connectivity index (χ3v) is 3.43. The van der Waals surface area contributed by atoms with E-state index in [4.69, 9.17) is 0 Å². The number of amides is 1. The van der Waals surface area contributed by atoms with Gasteiger partial charge in [0.2, 0.25) is 0 Å². The predicted octanol–water partition coefficient (Wildman–Crippen LogP) is 3.44. The molecule has 0 spiro atoms. The molecule has 0 radical (unpaired) electrons. The zero-order valence-corrected chi connectivity index (χ0v) is 11.8. The van der Waals surface area contributed by atoms with Crippen LogP contribution in [0.15, 0.2) is 48.5 Å². The topological polar surface area (TPSA) is 62.0 Å². The van der Waals surface area contributed by atoms with Crippen LogP contribution in [-0.2, 0) is 4.79 Å². The Morgan fingerprint density at radius 3 is 2.45 bits per heavy atom. The number of hydrogen-bond donors (Lipinski definition) is 2. The first-order valence-corrected chi connectivity index (χ1v) is 6.75. The van der Waals surface area contributed by atoms with Gasteiger partial charge < -0.3 is 10.3 Å². The van der Waals surface area contributed by atoms with E-state index in [9.17, 15) is 14.0 Å². The number of H-pyrrole nitrogens is 1. The van der Waals surface area contributed by atoms with Crippen molar-refractivity contribution in [3.8, 4) is 0 Å². The molecule has 1 heterocycles. The maximum absolute atomic E-state index is 12.8. The highest BCUT2D eigenvalue weighted by Crippen LogP contribution is 2.22. The highest BCUT2D eigenvalue weighted by atomic mass is 19.1. The maximum Gasteiger partial charge on any atom is 0.296 e. The Balaban J connectivity index is 1.90. The average molecular weight is 296 g/mol. The molecular formula is C17H13FN2O2. The molecule has 1 amide bonds. The minimum Gasteiger partial charge on any atom is -0.358 e. The lowest BCUT2D eigenvalue weighted by atomic mass is 10.1. The Morgan fingerprint density at radius 1 is 1.05 bits per heavy atom. The number of aromatic nitrogens is 1. The van der Waals surface area contributed by atoms with E-state index < -0.39 is 17.5 Å². The number of para-hydroxylation sites is 1. The Hall–Kier alpha value is -2.95. The number of fused-ring (bicyclic) bond motifs is 1. The van der Waals surface area contributed by atoms with Gasteiger partial charge >= 0.3 is 0 Å². The van der Waals surface area contributed by atoms with Crippen molar-refractivity contribution >= 4 is 28.3 Å². The van der Waals surface area contributed by atoms with Crippen LogP contribution in [0.2, 0.25) is 0 Å². The fourth-order valence-electron chi connectivity index (χ4n) is 2.40. The summed E-state index contributed by atoms with van der Waals surface area (Å²) in [5, 5.41) is 3.19. The zero-order valence-electron chi connectivity index (χ0n) is 11.8. The van der Waals surface area contributed by atoms with Gasteiger partial charge in [-0.05, 0) is 37.3 Å². The lowest BCUT2D eigenvalue weighted by Crippen LogP contribution is -2.23. The number of aromatic amines is 1. The molecule has 5 heteroatoms. The molecule has 1 aromatic heterocycles. The van der Waals surface area contributed by atoms with Gasteiger partial charge in [-0.2, -0.15) is 0 Å². The first-order chi connectivity index (χ1) is 10.6. The van der Waals surface area contributed by atoms with E-state index in [-0.39, 0.29) is 0 Å². The molecule has 3 rings (SSSR count). The number of carbonyl (C=O) groups is 2. The number of benzene rings is 2. The molecule has 0 unspecified atom stereocenters. The average Bonchev–Trinajstić information content (AvgIpc) is 2.84. The SMILES string of the molecule is Cc1[nH]c2ccccc2c1C(=O)C(=O)Nc1ccc(F)cc1. The summed E-state index contributed by atoms with van der Waals surface area (Å²) >= 11 is 0. The van der Waals surface area contributed by atoms with Crippen LogP contribution in [0.25, 0.3) is 10.9 Å². The molecule has 0 aliphatic heterocycles. The largest absolute Gasteiger partial charge is 0.358 e. The summed E-state index contributed by atoms with van der Waals surface area (Å²) in [6.45, 7) is 1.75. The number of hydrogen-bond acceptors (Lipinski definition) is 2. The van der Waals surface area contributed by atoms with E-state index in [1.807, 2.05) is 18.2 Å². The quantitative estimate of drug-likeness (QED) is 0.574. The van der Waals surface area contributed by atoms with Crippen LogP contribution >= 0.6 is 0 Å². The lowest BCUT2D eigenvalue weighted by Gasteiger charge is -2.04. The molecule has 0 saturated carbocycles. The molecule has 0 aliphatic carbocycles. The number of anilines is 1. The van der Waals surface area contributed by atoms with E-state index in [1.165, 1.54) is 24.3 Å². The van der Waals surface area contributed by atoms with Crippen LogP contribution in [-0.4, -0.2) is 16.7 Å². The molecular weight excluding hydrogens is 283 g/mol. The fraction of sp³-hybridized carbons (Fsp3) is 0.0588. The summed E-state index contributed by atoms with van der Waals surface area (Å²) in [5.74, 6) is -1.78. The highest BCUT2D eigenvalue weighted by Gasteiger charge is 2.22. The number of ketones is 1. The molecule has 0 saturated heterocycles. The standard InChI is InChI=1S/C17H13FN2O2/c1-10-15(13-4-2-3-5-14(13)19-10)16(21)17(22)20-12-8-6-11(18)7-9-12/h2-9,19H,1H3,(H,20,22). The second-order valence-electron chi connectivity index (χ2n) is 4.96. The van der Waals surface area contributed by atoms with E-state index in [0.717, 1.165) is 5.52 Å². The Kier molecular flexibility index (Phi) is 3.47. The number of rotatable bonds is 3. The number of halogens is 1. The van der Waals surface area contributed by atoms with Crippen molar-refractivity contribution in [3.05, 3.63) is 65.6 Å². The molecule has 0 aliphatic rings. The van der Waals surface area contributed by atoms with Crippen LogP contribution in [0.1, 0.15) is 16.1 Å². The summed E-state index contributed by atoms with van der Waals surface area (Å²) in [6, 6.07) is 12.5. The first-order valence-electron chi connectivity index (χ1n) is 6.75. The van der Waals surface area contributed by atoms with Gasteiger partial charge in [0.05, 0.1) is 5.56 Å². The third kappa shape index (κ3) is 2.48. The minimum atomic E-state index is -0.750. The van der Waals surface area contributed by atoms with Crippen LogP contribution in [0.3, 0.4) is 0 Å². The van der Waals surface area contributed by atoms with Crippen molar-refractivity contribution in [2.45, 2.75) is 6.92 Å². The molecule has 22 heavy (non-hydrogen) atoms. The number of carbonyl (C=O) groups excluding carboxylic acids is 2. The number of Topliss-reactive ketones (excluding diaryl/α,β-unsaturated/α-hetero) is 1. The van der Waals surface area contributed by atoms with Gasteiger partial charge in [0.15, 0.2) is 0 Å². The second-order valence-corrected chi connectivity index (χ2v) is 4.96. The van der Waals surface area contributed by atoms with Crippen LogP contribution in [0.4, 0.5) is 10.1 Å². The normalized spacial score (nSPS) is 10.6. The van der Waals surface area contributed by atoms with Gasteiger partial charge in [-0.1, -0.05) is 18.2 Å². The summed E-state index contributed by atoms with van der Waals surface area (Å²) in [5.41, 5.74) is 2.17. The number of aryl methyl sites for hydroxylation is 1.